The molecule has 0 radical (unpaired) electrons. The van der Waals surface area contributed by atoms with Gasteiger partial charge in [-0.25, -0.2) is 15.0 Å². The van der Waals surface area contributed by atoms with Crippen LogP contribution >= 0.6 is 0 Å². The highest BCUT2D eigenvalue weighted by atomic mass is 16.5. The quantitative estimate of drug-likeness (QED) is 0.608. The zero-order valence-corrected chi connectivity index (χ0v) is 18.1. The van der Waals surface area contributed by atoms with Crippen molar-refractivity contribution < 1.29 is 19.4 Å². The van der Waals surface area contributed by atoms with Crippen molar-refractivity contribution in [2.24, 2.45) is 5.92 Å². The van der Waals surface area contributed by atoms with Gasteiger partial charge in [-0.3, -0.25) is 0 Å². The first-order valence-electron chi connectivity index (χ1n) is 10.5. The van der Waals surface area contributed by atoms with Crippen LogP contribution in [0, 0.1) is 5.92 Å². The molecule has 162 valence electrons. The first kappa shape index (κ1) is 21.0. The van der Waals surface area contributed by atoms with Crippen LogP contribution in [-0.4, -0.2) is 57.1 Å². The van der Waals surface area contributed by atoms with Crippen LogP contribution in [0.3, 0.4) is 0 Å². The lowest BCUT2D eigenvalue weighted by atomic mass is 9.88. The number of rotatable bonds is 7. The zero-order valence-electron chi connectivity index (χ0n) is 18.1. The number of pyridine rings is 1. The summed E-state index contributed by atoms with van der Waals surface area (Å²) in [7, 11) is 0. The smallest absolute Gasteiger partial charge is 0.229 e. The summed E-state index contributed by atoms with van der Waals surface area (Å²) in [6.45, 7) is 9.65. The highest BCUT2D eigenvalue weighted by Gasteiger charge is 2.32. The van der Waals surface area contributed by atoms with Crippen LogP contribution in [0.25, 0.3) is 22.2 Å². The SMILES string of the molecule is CC(C)Cc1nc2oc3c(N(CCO)CCO)ncnc3c2c2c1COC(C)(C)C2. The van der Waals surface area contributed by atoms with E-state index < -0.39 is 0 Å². The highest BCUT2D eigenvalue weighted by Crippen LogP contribution is 2.40. The summed E-state index contributed by atoms with van der Waals surface area (Å²) in [5, 5.41) is 19.8. The first-order chi connectivity index (χ1) is 14.3. The van der Waals surface area contributed by atoms with Crippen LogP contribution in [0.4, 0.5) is 5.82 Å². The Hall–Kier alpha value is -2.29. The molecular weight excluding hydrogens is 384 g/mol. The summed E-state index contributed by atoms with van der Waals surface area (Å²) in [4.78, 5) is 15.6. The number of furan rings is 1. The molecule has 2 N–H and O–H groups in total. The predicted octanol–water partition coefficient (Wildman–Crippen LogP) is 2.61. The van der Waals surface area contributed by atoms with Gasteiger partial charge in [-0.2, -0.15) is 0 Å². The van der Waals surface area contributed by atoms with Crippen LogP contribution in [0.5, 0.6) is 0 Å². The minimum Gasteiger partial charge on any atom is -0.432 e. The van der Waals surface area contributed by atoms with Gasteiger partial charge in [0, 0.05) is 25.1 Å². The Morgan fingerprint density at radius 3 is 2.53 bits per heavy atom. The number of nitrogens with zero attached hydrogens (tertiary/aromatic N) is 4. The highest BCUT2D eigenvalue weighted by molar-refractivity contribution is 6.06. The molecule has 0 aliphatic carbocycles. The summed E-state index contributed by atoms with van der Waals surface area (Å²) in [6.07, 6.45) is 3.10. The molecule has 0 aromatic carbocycles. The number of aliphatic hydroxyl groups excluding tert-OH is 2. The van der Waals surface area contributed by atoms with E-state index >= 15 is 0 Å². The van der Waals surface area contributed by atoms with E-state index in [0.717, 1.165) is 29.5 Å². The number of aromatic nitrogens is 3. The molecule has 8 heteroatoms. The van der Waals surface area contributed by atoms with Crippen molar-refractivity contribution >= 4 is 28.0 Å². The third-order valence-electron chi connectivity index (χ3n) is 5.54. The van der Waals surface area contributed by atoms with Gasteiger partial charge in [0.15, 0.2) is 11.4 Å². The van der Waals surface area contributed by atoms with Gasteiger partial charge in [-0.15, -0.1) is 0 Å². The molecule has 0 spiro atoms. The van der Waals surface area contributed by atoms with Gasteiger partial charge in [0.05, 0.1) is 36.5 Å². The maximum Gasteiger partial charge on any atom is 0.229 e. The number of fused-ring (bicyclic) bond motifs is 5. The molecule has 4 rings (SSSR count). The molecule has 0 bridgehead atoms. The third-order valence-corrected chi connectivity index (χ3v) is 5.54. The van der Waals surface area contributed by atoms with Crippen molar-refractivity contribution in [2.45, 2.75) is 52.7 Å². The van der Waals surface area contributed by atoms with Crippen LogP contribution in [-0.2, 0) is 24.2 Å². The molecule has 30 heavy (non-hydrogen) atoms. The fraction of sp³-hybridized carbons (Fsp3) is 0.591. The van der Waals surface area contributed by atoms with Gasteiger partial charge in [-0.1, -0.05) is 13.8 Å². The van der Waals surface area contributed by atoms with E-state index in [1.807, 2.05) is 0 Å². The van der Waals surface area contributed by atoms with E-state index in [9.17, 15) is 10.2 Å². The molecule has 1 aliphatic heterocycles. The molecule has 0 saturated heterocycles. The van der Waals surface area contributed by atoms with Crippen LogP contribution < -0.4 is 4.90 Å². The minimum atomic E-state index is -0.282. The average Bonchev–Trinajstić information content (AvgIpc) is 3.05. The second-order valence-electron chi connectivity index (χ2n) is 8.93. The van der Waals surface area contributed by atoms with E-state index in [1.54, 1.807) is 4.90 Å². The monoisotopic (exact) mass is 414 g/mol. The largest absolute Gasteiger partial charge is 0.432 e. The van der Waals surface area contributed by atoms with Crippen LogP contribution in [0.1, 0.15) is 44.5 Å². The standard InChI is InChI=1S/C22H30N4O4/c1-13(2)9-16-15-11-29-22(3,4)10-14(15)17-18-19(30-21(17)25-16)20(24-12-23-18)26(5-7-27)6-8-28/h12-13,27-28H,5-11H2,1-4H3. The number of aliphatic hydroxyl groups is 2. The fourth-order valence-corrected chi connectivity index (χ4v) is 4.21. The second-order valence-corrected chi connectivity index (χ2v) is 8.93. The van der Waals surface area contributed by atoms with Crippen molar-refractivity contribution in [3.63, 3.8) is 0 Å². The molecule has 0 unspecified atom stereocenters. The molecule has 0 amide bonds. The Morgan fingerprint density at radius 1 is 1.13 bits per heavy atom. The lowest BCUT2D eigenvalue weighted by Crippen LogP contribution is -2.33. The normalized spacial score (nSPS) is 15.8. The van der Waals surface area contributed by atoms with E-state index in [4.69, 9.17) is 14.1 Å². The number of ether oxygens (including phenoxy) is 1. The molecule has 3 aromatic rings. The molecular formula is C22H30N4O4. The van der Waals surface area contributed by atoms with Gasteiger partial charge in [0.2, 0.25) is 5.71 Å². The lowest BCUT2D eigenvalue weighted by molar-refractivity contribution is -0.0402. The summed E-state index contributed by atoms with van der Waals surface area (Å²) in [5.41, 5.74) is 4.87. The maximum atomic E-state index is 9.45. The zero-order chi connectivity index (χ0) is 21.5. The Labute approximate surface area is 175 Å². The van der Waals surface area contributed by atoms with Gasteiger partial charge in [-0.05, 0) is 31.7 Å². The Bertz CT molecular complexity index is 1050. The van der Waals surface area contributed by atoms with E-state index in [1.165, 1.54) is 11.9 Å². The molecule has 1 aliphatic rings. The van der Waals surface area contributed by atoms with Crippen LogP contribution in [0.15, 0.2) is 10.7 Å². The fourth-order valence-electron chi connectivity index (χ4n) is 4.21. The molecule has 8 nitrogen and oxygen atoms in total. The molecule has 0 atom stereocenters. The van der Waals surface area contributed by atoms with Crippen molar-refractivity contribution in [3.8, 4) is 0 Å². The van der Waals surface area contributed by atoms with Gasteiger partial charge in [0.1, 0.15) is 11.8 Å². The molecule has 4 heterocycles. The van der Waals surface area contributed by atoms with Crippen molar-refractivity contribution in [1.29, 1.82) is 0 Å². The Kier molecular flexibility index (Phi) is 5.65. The Balaban J connectivity index is 1.98. The van der Waals surface area contributed by atoms with Crippen molar-refractivity contribution in [3.05, 3.63) is 23.1 Å². The molecule has 0 fully saturated rings. The lowest BCUT2D eigenvalue weighted by Gasteiger charge is -2.33. The van der Waals surface area contributed by atoms with Gasteiger partial charge >= 0.3 is 0 Å². The molecule has 0 saturated carbocycles. The topological polar surface area (TPSA) is 105 Å². The first-order valence-corrected chi connectivity index (χ1v) is 10.5. The average molecular weight is 415 g/mol. The van der Waals surface area contributed by atoms with Crippen molar-refractivity contribution in [2.75, 3.05) is 31.2 Å². The maximum absolute atomic E-state index is 9.45. The third kappa shape index (κ3) is 3.75. The number of hydrogen-bond donors (Lipinski definition) is 2. The second kappa shape index (κ2) is 8.09. The van der Waals surface area contributed by atoms with Crippen LogP contribution in [0.2, 0.25) is 0 Å². The predicted molar refractivity (Wildman–Crippen MR) is 115 cm³/mol. The molecule has 3 aromatic heterocycles. The van der Waals surface area contributed by atoms with E-state index in [0.29, 0.717) is 48.2 Å². The Morgan fingerprint density at radius 2 is 1.87 bits per heavy atom. The summed E-state index contributed by atoms with van der Waals surface area (Å²) in [5.74, 6) is 1.02. The van der Waals surface area contributed by atoms with Crippen molar-refractivity contribution in [1.82, 2.24) is 15.0 Å². The summed E-state index contributed by atoms with van der Waals surface area (Å²) < 4.78 is 12.3. The summed E-state index contributed by atoms with van der Waals surface area (Å²) >= 11 is 0. The minimum absolute atomic E-state index is 0.0521. The van der Waals surface area contributed by atoms with E-state index in [2.05, 4.69) is 37.7 Å². The van der Waals surface area contributed by atoms with Gasteiger partial charge < -0.3 is 24.3 Å². The van der Waals surface area contributed by atoms with E-state index in [-0.39, 0.29) is 18.8 Å². The number of hydrogen-bond acceptors (Lipinski definition) is 8. The number of anilines is 1. The van der Waals surface area contributed by atoms with Gasteiger partial charge in [0.25, 0.3) is 0 Å². The summed E-state index contributed by atoms with van der Waals surface area (Å²) in [6, 6.07) is 0.